The molecule has 1 aromatic carbocycles. The van der Waals surface area contributed by atoms with Gasteiger partial charge in [0.2, 0.25) is 0 Å². The number of benzene rings is 1. The molecule has 5 heteroatoms. The van der Waals surface area contributed by atoms with Crippen molar-refractivity contribution in [1.29, 1.82) is 0 Å². The third-order valence-electron chi connectivity index (χ3n) is 3.53. The minimum atomic E-state index is -0.0988. The zero-order chi connectivity index (χ0) is 14.3. The second kappa shape index (κ2) is 4.76. The van der Waals surface area contributed by atoms with Crippen molar-refractivity contribution in [3.8, 4) is 0 Å². The molecular formula is C15H15N3OS. The Labute approximate surface area is 120 Å². The molecule has 3 aromatic rings. The van der Waals surface area contributed by atoms with Crippen LogP contribution >= 0.6 is 11.3 Å². The van der Waals surface area contributed by atoms with Gasteiger partial charge in [0, 0.05) is 16.0 Å². The van der Waals surface area contributed by atoms with Crippen LogP contribution in [0.15, 0.2) is 24.3 Å². The van der Waals surface area contributed by atoms with E-state index in [1.807, 2.05) is 45.0 Å². The summed E-state index contributed by atoms with van der Waals surface area (Å²) < 4.78 is 1.13. The Morgan fingerprint density at radius 1 is 1.20 bits per heavy atom. The number of carbonyl (C=O) groups excluding carboxylic acids is 1. The summed E-state index contributed by atoms with van der Waals surface area (Å²) in [4.78, 5) is 13.2. The van der Waals surface area contributed by atoms with E-state index in [1.54, 1.807) is 0 Å². The van der Waals surface area contributed by atoms with E-state index >= 15 is 0 Å². The molecule has 2 aromatic heterocycles. The van der Waals surface area contributed by atoms with Gasteiger partial charge in [0.05, 0.1) is 4.88 Å². The molecule has 1 amide bonds. The van der Waals surface area contributed by atoms with Crippen LogP contribution in [0.3, 0.4) is 0 Å². The number of aryl methyl sites for hydroxylation is 2. The van der Waals surface area contributed by atoms with Crippen LogP contribution in [-0.4, -0.2) is 16.1 Å². The quantitative estimate of drug-likeness (QED) is 0.752. The average molecular weight is 285 g/mol. The van der Waals surface area contributed by atoms with Crippen LogP contribution in [0.2, 0.25) is 0 Å². The normalized spacial score (nSPS) is 10.9. The lowest BCUT2D eigenvalue weighted by molar-refractivity contribution is 0.102. The number of hydrogen-bond acceptors (Lipinski definition) is 3. The van der Waals surface area contributed by atoms with Crippen molar-refractivity contribution in [2.24, 2.45) is 0 Å². The van der Waals surface area contributed by atoms with Gasteiger partial charge in [-0.1, -0.05) is 18.2 Å². The summed E-state index contributed by atoms with van der Waals surface area (Å²) >= 11 is 1.51. The summed E-state index contributed by atoms with van der Waals surface area (Å²) in [6, 6.07) is 8.06. The number of thiophene rings is 1. The van der Waals surface area contributed by atoms with Gasteiger partial charge >= 0.3 is 0 Å². The maximum Gasteiger partial charge on any atom is 0.267 e. The number of aromatic amines is 1. The van der Waals surface area contributed by atoms with E-state index in [2.05, 4.69) is 15.5 Å². The first kappa shape index (κ1) is 12.9. The first-order chi connectivity index (χ1) is 9.58. The second-order valence-electron chi connectivity index (χ2n) is 4.83. The number of nitrogens with zero attached hydrogens (tertiary/aromatic N) is 1. The van der Waals surface area contributed by atoms with E-state index in [-0.39, 0.29) is 5.91 Å². The zero-order valence-electron chi connectivity index (χ0n) is 11.6. The van der Waals surface area contributed by atoms with Gasteiger partial charge < -0.3 is 5.32 Å². The van der Waals surface area contributed by atoms with Gasteiger partial charge in [0.1, 0.15) is 0 Å². The molecule has 0 spiro atoms. The van der Waals surface area contributed by atoms with Gasteiger partial charge in [0.15, 0.2) is 5.82 Å². The molecule has 102 valence electrons. The van der Waals surface area contributed by atoms with Crippen LogP contribution in [0.4, 0.5) is 5.82 Å². The van der Waals surface area contributed by atoms with E-state index in [0.29, 0.717) is 5.82 Å². The fraction of sp³-hybridized carbons (Fsp3) is 0.200. The van der Waals surface area contributed by atoms with Crippen molar-refractivity contribution >= 4 is 33.1 Å². The first-order valence-corrected chi connectivity index (χ1v) is 7.20. The van der Waals surface area contributed by atoms with Crippen molar-refractivity contribution < 1.29 is 4.79 Å². The number of rotatable bonds is 2. The van der Waals surface area contributed by atoms with Gasteiger partial charge in [0.25, 0.3) is 5.91 Å². The smallest absolute Gasteiger partial charge is 0.267 e. The highest BCUT2D eigenvalue weighted by Crippen LogP contribution is 2.31. The van der Waals surface area contributed by atoms with E-state index in [9.17, 15) is 4.79 Å². The molecule has 3 rings (SSSR count). The summed E-state index contributed by atoms with van der Waals surface area (Å²) in [7, 11) is 0. The number of hydrogen-bond donors (Lipinski definition) is 2. The Bertz CT molecular complexity index is 801. The highest BCUT2D eigenvalue weighted by Gasteiger charge is 2.17. The van der Waals surface area contributed by atoms with Crippen LogP contribution in [0.1, 0.15) is 26.5 Å². The largest absolute Gasteiger partial charge is 0.304 e. The molecule has 0 bridgehead atoms. The summed E-state index contributed by atoms with van der Waals surface area (Å²) in [5.74, 6) is 0.502. The number of nitrogens with one attached hydrogen (secondary N) is 2. The molecule has 0 aliphatic carbocycles. The molecule has 0 aliphatic rings. The summed E-state index contributed by atoms with van der Waals surface area (Å²) in [6.07, 6.45) is 0. The highest BCUT2D eigenvalue weighted by molar-refractivity contribution is 7.21. The molecule has 2 heterocycles. The van der Waals surface area contributed by atoms with Crippen LogP contribution in [0.5, 0.6) is 0 Å². The lowest BCUT2D eigenvalue weighted by Gasteiger charge is -2.02. The molecule has 0 unspecified atom stereocenters. The molecule has 2 N–H and O–H groups in total. The predicted molar refractivity (Wildman–Crippen MR) is 82.6 cm³/mol. The number of carbonyl (C=O) groups is 1. The second-order valence-corrected chi connectivity index (χ2v) is 5.88. The van der Waals surface area contributed by atoms with Crippen LogP contribution in [0, 0.1) is 20.8 Å². The van der Waals surface area contributed by atoms with Crippen LogP contribution < -0.4 is 5.32 Å². The number of anilines is 1. The lowest BCUT2D eigenvalue weighted by atomic mass is 10.1. The van der Waals surface area contributed by atoms with E-state index < -0.39 is 0 Å². The summed E-state index contributed by atoms with van der Waals surface area (Å²) in [5.41, 5.74) is 2.96. The molecule has 0 atom stereocenters. The van der Waals surface area contributed by atoms with Crippen LogP contribution in [-0.2, 0) is 0 Å². The Balaban J connectivity index is 1.97. The minimum absolute atomic E-state index is 0.0988. The summed E-state index contributed by atoms with van der Waals surface area (Å²) in [5, 5.41) is 11.0. The Kier molecular flexibility index (Phi) is 3.06. The Morgan fingerprint density at radius 3 is 2.60 bits per heavy atom. The molecule has 20 heavy (non-hydrogen) atoms. The highest BCUT2D eigenvalue weighted by atomic mass is 32.1. The monoisotopic (exact) mass is 285 g/mol. The maximum absolute atomic E-state index is 12.4. The Morgan fingerprint density at radius 2 is 1.95 bits per heavy atom. The molecule has 0 saturated heterocycles. The van der Waals surface area contributed by atoms with E-state index in [4.69, 9.17) is 0 Å². The number of H-pyrrole nitrogens is 1. The predicted octanol–water partition coefficient (Wildman–Crippen LogP) is 3.80. The lowest BCUT2D eigenvalue weighted by Crippen LogP contribution is -2.12. The molecule has 0 fully saturated rings. The zero-order valence-corrected chi connectivity index (χ0v) is 12.4. The minimum Gasteiger partial charge on any atom is -0.304 e. The SMILES string of the molecule is Cc1[nH]nc(NC(=O)c2sc3ccccc3c2C)c1C. The van der Waals surface area contributed by atoms with Gasteiger partial charge in [-0.15, -0.1) is 11.3 Å². The molecule has 0 aliphatic heterocycles. The van der Waals surface area contributed by atoms with Crippen molar-refractivity contribution in [2.75, 3.05) is 5.32 Å². The molecule has 0 saturated carbocycles. The van der Waals surface area contributed by atoms with Gasteiger partial charge in [-0.3, -0.25) is 9.89 Å². The maximum atomic E-state index is 12.4. The molecule has 0 radical (unpaired) electrons. The Hall–Kier alpha value is -2.14. The third kappa shape index (κ3) is 2.00. The van der Waals surface area contributed by atoms with Crippen molar-refractivity contribution in [3.05, 3.63) is 46.0 Å². The number of fused-ring (bicyclic) bond motifs is 1. The topological polar surface area (TPSA) is 57.8 Å². The van der Waals surface area contributed by atoms with Crippen LogP contribution in [0.25, 0.3) is 10.1 Å². The van der Waals surface area contributed by atoms with Gasteiger partial charge in [-0.2, -0.15) is 5.10 Å². The molecule has 4 nitrogen and oxygen atoms in total. The fourth-order valence-electron chi connectivity index (χ4n) is 2.16. The fourth-order valence-corrected chi connectivity index (χ4v) is 3.27. The van der Waals surface area contributed by atoms with Crippen molar-refractivity contribution in [1.82, 2.24) is 10.2 Å². The van der Waals surface area contributed by atoms with Crippen molar-refractivity contribution in [2.45, 2.75) is 20.8 Å². The van der Waals surface area contributed by atoms with Crippen molar-refractivity contribution in [3.63, 3.8) is 0 Å². The van der Waals surface area contributed by atoms with E-state index in [0.717, 1.165) is 31.8 Å². The van der Waals surface area contributed by atoms with Gasteiger partial charge in [-0.25, -0.2) is 0 Å². The standard InChI is InChI=1S/C15H15N3OS/c1-8-10(3)17-18-14(8)16-15(19)13-9(2)11-6-4-5-7-12(11)20-13/h4-7H,1-3H3,(H2,16,17,18,19). The van der Waals surface area contributed by atoms with E-state index in [1.165, 1.54) is 11.3 Å². The van der Waals surface area contributed by atoms with Gasteiger partial charge in [-0.05, 0) is 37.8 Å². The first-order valence-electron chi connectivity index (χ1n) is 6.39. The average Bonchev–Trinajstić information content (AvgIpc) is 2.94. The summed E-state index contributed by atoms with van der Waals surface area (Å²) in [6.45, 7) is 5.85. The number of aromatic nitrogens is 2. The molecular weight excluding hydrogens is 270 g/mol. The third-order valence-corrected chi connectivity index (χ3v) is 4.81. The number of amides is 1.